The van der Waals surface area contributed by atoms with E-state index in [0.29, 0.717) is 5.92 Å². The van der Waals surface area contributed by atoms with E-state index in [1.54, 1.807) is 0 Å². The fourth-order valence-corrected chi connectivity index (χ4v) is 2.66. The molecule has 0 aromatic heterocycles. The zero-order chi connectivity index (χ0) is 11.4. The monoisotopic (exact) mass is 227 g/mol. The van der Waals surface area contributed by atoms with E-state index in [1.165, 1.54) is 0 Å². The van der Waals surface area contributed by atoms with Gasteiger partial charge in [-0.3, -0.25) is 4.79 Å². The van der Waals surface area contributed by atoms with E-state index in [0.717, 1.165) is 51.8 Å². The minimum Gasteiger partial charge on any atom is -0.396 e. The van der Waals surface area contributed by atoms with Gasteiger partial charge in [-0.05, 0) is 38.0 Å². The number of carbonyl (C=O) groups excluding carboxylic acids is 1. The van der Waals surface area contributed by atoms with Gasteiger partial charge in [0.25, 0.3) is 5.91 Å². The van der Waals surface area contributed by atoms with Crippen LogP contribution in [0.5, 0.6) is 0 Å². The standard InChI is InChI=1S/C12H21NO3/c14-7-5-10-3-1-6-13(9-10)12(15)11-4-2-8-16-11/h10-11,14H,1-9H2/t10?,11-/m1/s1. The van der Waals surface area contributed by atoms with Gasteiger partial charge in [0.2, 0.25) is 0 Å². The molecule has 0 aromatic rings. The number of hydrogen-bond acceptors (Lipinski definition) is 3. The number of rotatable bonds is 3. The van der Waals surface area contributed by atoms with Crippen molar-refractivity contribution in [1.29, 1.82) is 0 Å². The van der Waals surface area contributed by atoms with Gasteiger partial charge in [-0.15, -0.1) is 0 Å². The van der Waals surface area contributed by atoms with Crippen LogP contribution in [0.15, 0.2) is 0 Å². The molecule has 16 heavy (non-hydrogen) atoms. The first-order valence-corrected chi connectivity index (χ1v) is 6.32. The number of aliphatic hydroxyl groups is 1. The van der Waals surface area contributed by atoms with Gasteiger partial charge in [-0.1, -0.05) is 0 Å². The second kappa shape index (κ2) is 5.64. The summed E-state index contributed by atoms with van der Waals surface area (Å²) in [5, 5.41) is 8.93. The molecule has 0 aromatic carbocycles. The highest BCUT2D eigenvalue weighted by Crippen LogP contribution is 2.22. The highest BCUT2D eigenvalue weighted by atomic mass is 16.5. The van der Waals surface area contributed by atoms with Crippen molar-refractivity contribution >= 4 is 5.91 Å². The van der Waals surface area contributed by atoms with Crippen molar-refractivity contribution in [2.24, 2.45) is 5.92 Å². The van der Waals surface area contributed by atoms with Gasteiger partial charge in [0.05, 0.1) is 0 Å². The van der Waals surface area contributed by atoms with Crippen molar-refractivity contribution < 1.29 is 14.6 Å². The molecule has 2 rings (SSSR count). The van der Waals surface area contributed by atoms with Gasteiger partial charge in [-0.2, -0.15) is 0 Å². The maximum atomic E-state index is 12.1. The smallest absolute Gasteiger partial charge is 0.251 e. The molecule has 2 saturated heterocycles. The van der Waals surface area contributed by atoms with Gasteiger partial charge in [0.1, 0.15) is 6.10 Å². The Hall–Kier alpha value is -0.610. The molecular weight excluding hydrogens is 206 g/mol. The average Bonchev–Trinajstić information content (AvgIpc) is 2.82. The fourth-order valence-electron chi connectivity index (χ4n) is 2.66. The van der Waals surface area contributed by atoms with Crippen LogP contribution in [0.4, 0.5) is 0 Å². The van der Waals surface area contributed by atoms with Gasteiger partial charge in [0.15, 0.2) is 0 Å². The van der Waals surface area contributed by atoms with Gasteiger partial charge in [-0.25, -0.2) is 0 Å². The lowest BCUT2D eigenvalue weighted by Gasteiger charge is -2.33. The number of likely N-dealkylation sites (tertiary alicyclic amines) is 1. The highest BCUT2D eigenvalue weighted by molar-refractivity contribution is 5.81. The lowest BCUT2D eigenvalue weighted by molar-refractivity contribution is -0.142. The lowest BCUT2D eigenvalue weighted by Crippen LogP contribution is -2.44. The first kappa shape index (κ1) is 11.9. The summed E-state index contributed by atoms with van der Waals surface area (Å²) in [6.07, 6.45) is 4.70. The summed E-state index contributed by atoms with van der Waals surface area (Å²) in [6.45, 7) is 2.62. The molecule has 2 atom stereocenters. The zero-order valence-electron chi connectivity index (χ0n) is 9.73. The van der Waals surface area contributed by atoms with Crippen LogP contribution in [-0.2, 0) is 9.53 Å². The van der Waals surface area contributed by atoms with Crippen LogP contribution in [-0.4, -0.2) is 48.3 Å². The minimum absolute atomic E-state index is 0.167. The Morgan fingerprint density at radius 2 is 2.25 bits per heavy atom. The van der Waals surface area contributed by atoms with Crippen LogP contribution >= 0.6 is 0 Å². The van der Waals surface area contributed by atoms with E-state index >= 15 is 0 Å². The molecule has 1 N–H and O–H groups in total. The summed E-state index contributed by atoms with van der Waals surface area (Å²) >= 11 is 0. The topological polar surface area (TPSA) is 49.8 Å². The van der Waals surface area contributed by atoms with E-state index in [2.05, 4.69) is 0 Å². The summed E-state index contributed by atoms with van der Waals surface area (Å²) in [5.41, 5.74) is 0. The number of amides is 1. The molecular formula is C12H21NO3. The van der Waals surface area contributed by atoms with Crippen LogP contribution in [0.1, 0.15) is 32.1 Å². The SMILES string of the molecule is O=C([C@H]1CCCO1)N1CCCC(CCO)C1. The van der Waals surface area contributed by atoms with Crippen LogP contribution in [0.2, 0.25) is 0 Å². The Labute approximate surface area is 96.6 Å². The van der Waals surface area contributed by atoms with Crippen LogP contribution in [0.3, 0.4) is 0 Å². The fraction of sp³-hybridized carbons (Fsp3) is 0.917. The molecule has 2 aliphatic rings. The summed E-state index contributed by atoms with van der Waals surface area (Å²) in [5.74, 6) is 0.643. The van der Waals surface area contributed by atoms with E-state index < -0.39 is 0 Å². The normalized spacial score (nSPS) is 30.7. The molecule has 2 heterocycles. The molecule has 0 spiro atoms. The largest absolute Gasteiger partial charge is 0.396 e. The molecule has 2 fully saturated rings. The van der Waals surface area contributed by atoms with Crippen LogP contribution < -0.4 is 0 Å². The molecule has 92 valence electrons. The summed E-state index contributed by atoms with van der Waals surface area (Å²) in [6, 6.07) is 0. The first-order valence-electron chi connectivity index (χ1n) is 6.32. The van der Waals surface area contributed by atoms with Crippen LogP contribution in [0, 0.1) is 5.92 Å². The predicted molar refractivity (Wildman–Crippen MR) is 60.0 cm³/mol. The Bertz CT molecular complexity index is 236. The Morgan fingerprint density at radius 3 is 2.94 bits per heavy atom. The summed E-state index contributed by atoms with van der Waals surface area (Å²) in [4.78, 5) is 14.0. The minimum atomic E-state index is -0.187. The molecule has 4 heteroatoms. The van der Waals surface area contributed by atoms with Gasteiger partial charge >= 0.3 is 0 Å². The Balaban J connectivity index is 1.85. The van der Waals surface area contributed by atoms with E-state index in [4.69, 9.17) is 9.84 Å². The molecule has 1 unspecified atom stereocenters. The predicted octanol–water partition coefficient (Wildman–Crippen LogP) is 0.786. The Kier molecular flexibility index (Phi) is 4.18. The molecule has 0 radical (unpaired) electrons. The third-order valence-electron chi connectivity index (χ3n) is 3.57. The van der Waals surface area contributed by atoms with Crippen molar-refractivity contribution in [2.45, 2.75) is 38.2 Å². The molecule has 4 nitrogen and oxygen atoms in total. The van der Waals surface area contributed by atoms with E-state index in [-0.39, 0.29) is 18.6 Å². The number of piperidine rings is 1. The number of ether oxygens (including phenoxy) is 1. The number of aliphatic hydroxyl groups excluding tert-OH is 1. The average molecular weight is 227 g/mol. The summed E-state index contributed by atoms with van der Waals surface area (Å²) in [7, 11) is 0. The number of hydrogen-bond donors (Lipinski definition) is 1. The number of carbonyl (C=O) groups is 1. The second-order valence-corrected chi connectivity index (χ2v) is 4.81. The number of nitrogens with zero attached hydrogens (tertiary/aromatic N) is 1. The quantitative estimate of drug-likeness (QED) is 0.775. The Morgan fingerprint density at radius 1 is 1.38 bits per heavy atom. The van der Waals surface area contributed by atoms with E-state index in [1.807, 2.05) is 4.90 Å². The van der Waals surface area contributed by atoms with Gasteiger partial charge < -0.3 is 14.7 Å². The van der Waals surface area contributed by atoms with Crippen molar-refractivity contribution in [3.8, 4) is 0 Å². The molecule has 1 amide bonds. The maximum Gasteiger partial charge on any atom is 0.251 e. The van der Waals surface area contributed by atoms with Crippen molar-refractivity contribution in [3.63, 3.8) is 0 Å². The maximum absolute atomic E-state index is 12.1. The second-order valence-electron chi connectivity index (χ2n) is 4.81. The molecule has 0 saturated carbocycles. The zero-order valence-corrected chi connectivity index (χ0v) is 9.73. The summed E-state index contributed by atoms with van der Waals surface area (Å²) < 4.78 is 5.42. The molecule has 0 aliphatic carbocycles. The van der Waals surface area contributed by atoms with Gasteiger partial charge in [0, 0.05) is 26.3 Å². The first-order chi connectivity index (χ1) is 7.81. The molecule has 2 aliphatic heterocycles. The van der Waals surface area contributed by atoms with Crippen LogP contribution in [0.25, 0.3) is 0 Å². The highest BCUT2D eigenvalue weighted by Gasteiger charge is 2.31. The van der Waals surface area contributed by atoms with Crippen molar-refractivity contribution in [1.82, 2.24) is 4.90 Å². The third kappa shape index (κ3) is 2.74. The van der Waals surface area contributed by atoms with E-state index in [9.17, 15) is 4.79 Å². The van der Waals surface area contributed by atoms with Crippen molar-refractivity contribution in [3.05, 3.63) is 0 Å². The lowest BCUT2D eigenvalue weighted by atomic mass is 9.95. The molecule has 0 bridgehead atoms. The third-order valence-corrected chi connectivity index (χ3v) is 3.57. The van der Waals surface area contributed by atoms with Crippen molar-refractivity contribution in [2.75, 3.05) is 26.3 Å².